The maximum atomic E-state index is 10.3. The summed E-state index contributed by atoms with van der Waals surface area (Å²) in [7, 11) is 0. The van der Waals surface area contributed by atoms with Crippen LogP contribution in [0.2, 0.25) is 0 Å². The molecule has 2 aliphatic carbocycles. The number of carbonyl (C=O) groups excluding carboxylic acids is 2. The smallest absolute Gasteiger partial charge is 0.178 e. The van der Waals surface area contributed by atoms with Crippen molar-refractivity contribution in [1.82, 2.24) is 0 Å². The van der Waals surface area contributed by atoms with Crippen LogP contribution in [-0.2, 0) is 30.0 Å². The molecule has 4 rings (SSSR count). The number of carbonyl (C=O) groups is 2. The standard InChI is InChI=1S/C23H37N.C6H4O2.Pd/c1-17(2)19-11-10-12-20(18(3)4)21(19)24-16-23(15-22(24,5)6)13-8-7-9-14-23;7-5-1-2-6(8)4-3-5;/h10-12,17-18H,7-9,13-16H2,1-6H3;1-4H;. The van der Waals surface area contributed by atoms with Crippen LogP contribution in [0.5, 0.6) is 0 Å². The Kier molecular flexibility index (Phi) is 9.49. The average Bonchev–Trinajstić information content (AvgIpc) is 2.99. The minimum atomic E-state index is -0.121. The second kappa shape index (κ2) is 11.3. The molecule has 3 aliphatic rings. The Hall–Kier alpha value is -1.50. The van der Waals surface area contributed by atoms with Crippen molar-refractivity contribution >= 4 is 17.3 Å². The van der Waals surface area contributed by atoms with Crippen molar-refractivity contribution < 1.29 is 30.0 Å². The minimum Gasteiger partial charge on any atom is -0.365 e. The zero-order chi connectivity index (χ0) is 23.5. The van der Waals surface area contributed by atoms with Crippen LogP contribution >= 0.6 is 0 Å². The second-order valence-electron chi connectivity index (χ2n) is 11.2. The van der Waals surface area contributed by atoms with Crippen LogP contribution in [0.4, 0.5) is 5.69 Å². The van der Waals surface area contributed by atoms with Crippen molar-refractivity contribution in [2.24, 2.45) is 5.41 Å². The third-order valence-electron chi connectivity index (χ3n) is 7.38. The molecule has 1 saturated heterocycles. The van der Waals surface area contributed by atoms with Crippen LogP contribution in [0.15, 0.2) is 42.5 Å². The first-order valence-corrected chi connectivity index (χ1v) is 12.4. The Morgan fingerprint density at radius 1 is 0.788 bits per heavy atom. The summed E-state index contributed by atoms with van der Waals surface area (Å²) in [5.74, 6) is 0.920. The number of anilines is 1. The first kappa shape index (κ1) is 27.7. The normalized spacial score (nSPS) is 20.8. The molecular formula is C29H41NO2Pd. The van der Waals surface area contributed by atoms with Crippen LogP contribution in [0.3, 0.4) is 0 Å². The van der Waals surface area contributed by atoms with Crippen LogP contribution in [0, 0.1) is 5.41 Å². The number of nitrogens with zero attached hydrogens (tertiary/aromatic N) is 1. The van der Waals surface area contributed by atoms with Crippen molar-refractivity contribution in [3.63, 3.8) is 0 Å². The number of allylic oxidation sites excluding steroid dienone is 4. The van der Waals surface area contributed by atoms with Crippen LogP contribution in [0.25, 0.3) is 0 Å². The summed E-state index contributed by atoms with van der Waals surface area (Å²) in [6.45, 7) is 15.6. The molecule has 1 spiro atoms. The van der Waals surface area contributed by atoms with Crippen LogP contribution in [-0.4, -0.2) is 23.7 Å². The van der Waals surface area contributed by atoms with E-state index < -0.39 is 0 Å². The maximum absolute atomic E-state index is 10.3. The van der Waals surface area contributed by atoms with Gasteiger partial charge in [0.05, 0.1) is 0 Å². The van der Waals surface area contributed by atoms with Gasteiger partial charge in [-0.05, 0) is 85.8 Å². The van der Waals surface area contributed by atoms with Gasteiger partial charge < -0.3 is 4.90 Å². The first-order valence-electron chi connectivity index (χ1n) is 12.4. The molecule has 0 radical (unpaired) electrons. The molecule has 184 valence electrons. The van der Waals surface area contributed by atoms with E-state index in [1.54, 1.807) is 16.8 Å². The molecule has 1 aliphatic heterocycles. The molecule has 0 aromatic heterocycles. The van der Waals surface area contributed by atoms with Gasteiger partial charge in [0.25, 0.3) is 0 Å². The fraction of sp³-hybridized carbons (Fsp3) is 0.586. The molecule has 0 unspecified atom stereocenters. The van der Waals surface area contributed by atoms with E-state index in [0.29, 0.717) is 17.3 Å². The third-order valence-corrected chi connectivity index (χ3v) is 7.38. The molecule has 1 aromatic rings. The van der Waals surface area contributed by atoms with Gasteiger partial charge in [0, 0.05) is 38.2 Å². The zero-order valence-corrected chi connectivity index (χ0v) is 22.8. The topological polar surface area (TPSA) is 37.4 Å². The van der Waals surface area contributed by atoms with Crippen LogP contribution < -0.4 is 4.90 Å². The Labute approximate surface area is 214 Å². The number of ketones is 2. The molecule has 1 aromatic carbocycles. The molecule has 2 fully saturated rings. The third kappa shape index (κ3) is 6.55. The molecule has 4 heteroatoms. The predicted octanol–water partition coefficient (Wildman–Crippen LogP) is 7.12. The number of rotatable bonds is 3. The summed E-state index contributed by atoms with van der Waals surface area (Å²) in [6.07, 6.45) is 13.6. The van der Waals surface area contributed by atoms with E-state index in [-0.39, 0.29) is 37.5 Å². The SMILES string of the molecule is CC(C)c1cccc(C(C)C)c1N1CC2(CCCCC2)CC1(C)C.O=C1C=CC(=O)C=C1.[Pd]. The van der Waals surface area contributed by atoms with E-state index in [4.69, 9.17) is 0 Å². The molecule has 0 amide bonds. The van der Waals surface area contributed by atoms with Gasteiger partial charge in [-0.1, -0.05) is 65.2 Å². The summed E-state index contributed by atoms with van der Waals surface area (Å²) in [4.78, 5) is 23.4. The molecule has 1 saturated carbocycles. The fourth-order valence-corrected chi connectivity index (χ4v) is 5.90. The molecule has 3 nitrogen and oxygen atoms in total. The van der Waals surface area contributed by atoms with Gasteiger partial charge in [-0.25, -0.2) is 0 Å². The molecule has 0 N–H and O–H groups in total. The summed E-state index contributed by atoms with van der Waals surface area (Å²) in [5.41, 5.74) is 5.49. The largest absolute Gasteiger partial charge is 0.365 e. The molecular weight excluding hydrogens is 501 g/mol. The van der Waals surface area contributed by atoms with Crippen LogP contribution in [0.1, 0.15) is 103 Å². The predicted molar refractivity (Wildman–Crippen MR) is 134 cm³/mol. The Morgan fingerprint density at radius 2 is 1.24 bits per heavy atom. The molecule has 33 heavy (non-hydrogen) atoms. The average molecular weight is 542 g/mol. The number of hydrogen-bond acceptors (Lipinski definition) is 3. The van der Waals surface area contributed by atoms with Gasteiger partial charge in [0.2, 0.25) is 0 Å². The van der Waals surface area contributed by atoms with E-state index >= 15 is 0 Å². The quantitative estimate of drug-likeness (QED) is 0.302. The molecule has 0 atom stereocenters. The Balaban J connectivity index is 0.000000364. The maximum Gasteiger partial charge on any atom is 0.178 e. The van der Waals surface area contributed by atoms with E-state index in [0.717, 1.165) is 0 Å². The molecule has 1 heterocycles. The van der Waals surface area contributed by atoms with Crippen molar-refractivity contribution in [3.8, 4) is 0 Å². The van der Waals surface area contributed by atoms with Gasteiger partial charge >= 0.3 is 0 Å². The summed E-state index contributed by atoms with van der Waals surface area (Å²) >= 11 is 0. The summed E-state index contributed by atoms with van der Waals surface area (Å²) < 4.78 is 0. The Bertz CT molecular complexity index is 840. The van der Waals surface area contributed by atoms with Crippen molar-refractivity contribution in [1.29, 1.82) is 0 Å². The van der Waals surface area contributed by atoms with E-state index in [1.807, 2.05) is 0 Å². The molecule has 0 bridgehead atoms. The second-order valence-corrected chi connectivity index (χ2v) is 11.2. The summed E-state index contributed by atoms with van der Waals surface area (Å²) in [6, 6.07) is 7.01. The van der Waals surface area contributed by atoms with Crippen molar-refractivity contribution in [3.05, 3.63) is 53.6 Å². The number of benzene rings is 1. The van der Waals surface area contributed by atoms with Crippen molar-refractivity contribution in [2.45, 2.75) is 97.4 Å². The van der Waals surface area contributed by atoms with Gasteiger partial charge in [-0.2, -0.15) is 0 Å². The number of para-hydroxylation sites is 1. The monoisotopic (exact) mass is 541 g/mol. The van der Waals surface area contributed by atoms with E-state index in [9.17, 15) is 9.59 Å². The Morgan fingerprint density at radius 3 is 1.67 bits per heavy atom. The van der Waals surface area contributed by atoms with Crippen molar-refractivity contribution in [2.75, 3.05) is 11.4 Å². The fourth-order valence-electron chi connectivity index (χ4n) is 5.90. The van der Waals surface area contributed by atoms with Gasteiger partial charge in [0.15, 0.2) is 11.6 Å². The van der Waals surface area contributed by atoms with Gasteiger partial charge in [0.1, 0.15) is 0 Å². The van der Waals surface area contributed by atoms with E-state index in [1.165, 1.54) is 69.4 Å². The first-order chi connectivity index (χ1) is 15.0. The van der Waals surface area contributed by atoms with Gasteiger partial charge in [-0.15, -0.1) is 0 Å². The number of hydrogen-bond donors (Lipinski definition) is 0. The van der Waals surface area contributed by atoms with E-state index in [2.05, 4.69) is 64.6 Å². The summed E-state index contributed by atoms with van der Waals surface area (Å²) in [5, 5.41) is 0. The minimum absolute atomic E-state index is 0. The van der Waals surface area contributed by atoms with Gasteiger partial charge in [-0.3, -0.25) is 9.59 Å². The zero-order valence-electron chi connectivity index (χ0n) is 21.2.